The highest BCUT2D eigenvalue weighted by Gasteiger charge is 2.34. The van der Waals surface area contributed by atoms with Crippen molar-refractivity contribution in [3.8, 4) is 0 Å². The molecule has 0 aliphatic carbocycles. The first-order valence-electron chi connectivity index (χ1n) is 7.03. The van der Waals surface area contributed by atoms with Gasteiger partial charge in [0.15, 0.2) is 0 Å². The van der Waals surface area contributed by atoms with Gasteiger partial charge < -0.3 is 11.1 Å². The normalized spacial score (nSPS) is 19.7. The molecule has 0 spiro atoms. The van der Waals surface area contributed by atoms with Crippen LogP contribution in [0.5, 0.6) is 0 Å². The number of rotatable bonds is 7. The zero-order valence-electron chi connectivity index (χ0n) is 12.1. The Morgan fingerprint density at radius 3 is 2.43 bits per heavy atom. The van der Waals surface area contributed by atoms with Crippen molar-refractivity contribution in [2.75, 3.05) is 19.6 Å². The number of sulfonamides is 1. The van der Waals surface area contributed by atoms with E-state index in [1.807, 2.05) is 6.92 Å². The van der Waals surface area contributed by atoms with Crippen molar-refractivity contribution in [1.82, 2.24) is 9.62 Å². The molecule has 1 aliphatic rings. The fraction of sp³-hybridized carbons (Fsp3) is 0.917. The van der Waals surface area contributed by atoms with Crippen molar-refractivity contribution < 1.29 is 22.0 Å². The molecule has 124 valence electrons. The van der Waals surface area contributed by atoms with Gasteiger partial charge in [0.25, 0.3) is 10.0 Å². The van der Waals surface area contributed by atoms with Crippen molar-refractivity contribution in [2.45, 2.75) is 44.4 Å². The van der Waals surface area contributed by atoms with E-state index in [0.29, 0.717) is 32.2 Å². The summed E-state index contributed by atoms with van der Waals surface area (Å²) in [4.78, 5) is 11.5. The minimum Gasteiger partial charge on any atom is -0.356 e. The first-order valence-corrected chi connectivity index (χ1v) is 8.53. The van der Waals surface area contributed by atoms with Crippen LogP contribution >= 0.6 is 0 Å². The molecule has 1 aliphatic heterocycles. The molecule has 1 rings (SSSR count). The number of amides is 1. The molecule has 0 saturated carbocycles. The number of carbonyl (C=O) groups is 1. The molecule has 6 nitrogen and oxygen atoms in total. The topological polar surface area (TPSA) is 92.5 Å². The summed E-state index contributed by atoms with van der Waals surface area (Å²) in [7, 11) is -4.47. The number of nitrogens with one attached hydrogen (secondary N) is 1. The van der Waals surface area contributed by atoms with Crippen LogP contribution in [0.4, 0.5) is 8.78 Å². The molecule has 1 heterocycles. The third-order valence-electron chi connectivity index (χ3n) is 3.57. The molecule has 1 unspecified atom stereocenters. The van der Waals surface area contributed by atoms with Crippen LogP contribution in [0.2, 0.25) is 0 Å². The SMILES string of the molecule is CC(N)CCC(=O)NCC1CCN(S(=O)(=O)C(F)F)CC1. The van der Waals surface area contributed by atoms with Crippen LogP contribution in [-0.2, 0) is 14.8 Å². The van der Waals surface area contributed by atoms with Gasteiger partial charge in [0.05, 0.1) is 0 Å². The van der Waals surface area contributed by atoms with Crippen molar-refractivity contribution in [3.63, 3.8) is 0 Å². The summed E-state index contributed by atoms with van der Waals surface area (Å²) in [6, 6.07) is -0.0291. The molecular weight excluding hydrogens is 304 g/mol. The number of piperidine rings is 1. The van der Waals surface area contributed by atoms with Gasteiger partial charge >= 0.3 is 5.76 Å². The molecule has 0 radical (unpaired) electrons. The molecule has 21 heavy (non-hydrogen) atoms. The quantitative estimate of drug-likeness (QED) is 0.712. The van der Waals surface area contributed by atoms with Gasteiger partial charge in [-0.1, -0.05) is 0 Å². The van der Waals surface area contributed by atoms with Gasteiger partial charge in [0.2, 0.25) is 5.91 Å². The zero-order chi connectivity index (χ0) is 16.0. The minimum atomic E-state index is -4.47. The standard InChI is InChI=1S/C12H23F2N3O3S/c1-9(15)2-3-11(18)16-8-10-4-6-17(7-5-10)21(19,20)12(13)14/h9-10,12H,2-8,15H2,1H3,(H,16,18). The summed E-state index contributed by atoms with van der Waals surface area (Å²) < 4.78 is 48.2. The third kappa shape index (κ3) is 5.84. The molecule has 1 saturated heterocycles. The van der Waals surface area contributed by atoms with Crippen molar-refractivity contribution >= 4 is 15.9 Å². The lowest BCUT2D eigenvalue weighted by atomic mass is 9.98. The predicted octanol–water partition coefficient (Wildman–Crippen LogP) is 0.494. The molecule has 9 heteroatoms. The fourth-order valence-corrected chi connectivity index (χ4v) is 3.13. The second kappa shape index (κ2) is 8.00. The van der Waals surface area contributed by atoms with E-state index in [0.717, 1.165) is 4.31 Å². The molecular formula is C12H23F2N3O3S. The molecule has 1 fully saturated rings. The van der Waals surface area contributed by atoms with E-state index in [4.69, 9.17) is 5.73 Å². The van der Waals surface area contributed by atoms with Crippen LogP contribution < -0.4 is 11.1 Å². The van der Waals surface area contributed by atoms with Gasteiger partial charge in [-0.05, 0) is 32.1 Å². The van der Waals surface area contributed by atoms with Crippen molar-refractivity contribution in [2.24, 2.45) is 11.7 Å². The van der Waals surface area contributed by atoms with Crippen LogP contribution in [0.3, 0.4) is 0 Å². The van der Waals surface area contributed by atoms with Crippen LogP contribution in [-0.4, -0.2) is 50.1 Å². The van der Waals surface area contributed by atoms with Crippen LogP contribution in [0.1, 0.15) is 32.6 Å². The van der Waals surface area contributed by atoms with Gasteiger partial charge in [0.1, 0.15) is 0 Å². The number of alkyl halides is 2. The van der Waals surface area contributed by atoms with E-state index in [2.05, 4.69) is 5.32 Å². The monoisotopic (exact) mass is 327 g/mol. The highest BCUT2D eigenvalue weighted by molar-refractivity contribution is 7.89. The van der Waals surface area contributed by atoms with E-state index in [-0.39, 0.29) is 31.0 Å². The Morgan fingerprint density at radius 1 is 1.38 bits per heavy atom. The van der Waals surface area contributed by atoms with E-state index in [1.165, 1.54) is 0 Å². The lowest BCUT2D eigenvalue weighted by molar-refractivity contribution is -0.121. The molecule has 1 atom stereocenters. The van der Waals surface area contributed by atoms with Crippen molar-refractivity contribution in [1.29, 1.82) is 0 Å². The summed E-state index contributed by atoms with van der Waals surface area (Å²) >= 11 is 0. The molecule has 0 bridgehead atoms. The van der Waals surface area contributed by atoms with Crippen LogP contribution in [0.25, 0.3) is 0 Å². The van der Waals surface area contributed by atoms with Gasteiger partial charge in [-0.2, -0.15) is 13.1 Å². The maximum atomic E-state index is 12.4. The average Bonchev–Trinajstić information content (AvgIpc) is 2.43. The number of hydrogen-bond acceptors (Lipinski definition) is 4. The summed E-state index contributed by atoms with van der Waals surface area (Å²) in [6.07, 6.45) is 1.91. The van der Waals surface area contributed by atoms with E-state index in [9.17, 15) is 22.0 Å². The minimum absolute atomic E-state index is 0.0291. The second-order valence-electron chi connectivity index (χ2n) is 5.47. The highest BCUT2D eigenvalue weighted by Crippen LogP contribution is 2.22. The average molecular weight is 327 g/mol. The van der Waals surface area contributed by atoms with Gasteiger partial charge in [0, 0.05) is 32.1 Å². The summed E-state index contributed by atoms with van der Waals surface area (Å²) in [5.74, 6) is -3.34. The summed E-state index contributed by atoms with van der Waals surface area (Å²) in [6.45, 7) is 2.42. The Labute approximate surface area is 124 Å². The van der Waals surface area contributed by atoms with Crippen molar-refractivity contribution in [3.05, 3.63) is 0 Å². The van der Waals surface area contributed by atoms with Crippen LogP contribution in [0.15, 0.2) is 0 Å². The van der Waals surface area contributed by atoms with Crippen LogP contribution in [0, 0.1) is 5.92 Å². The molecule has 0 aromatic rings. The van der Waals surface area contributed by atoms with E-state index in [1.54, 1.807) is 0 Å². The van der Waals surface area contributed by atoms with Gasteiger partial charge in [-0.3, -0.25) is 4.79 Å². The molecule has 3 N–H and O–H groups in total. The molecule has 0 aromatic carbocycles. The Morgan fingerprint density at radius 2 is 1.95 bits per heavy atom. The maximum Gasteiger partial charge on any atom is 0.350 e. The second-order valence-corrected chi connectivity index (χ2v) is 7.37. The van der Waals surface area contributed by atoms with E-state index >= 15 is 0 Å². The lowest BCUT2D eigenvalue weighted by Gasteiger charge is -2.30. The number of halogens is 2. The number of nitrogens with two attached hydrogens (primary N) is 1. The van der Waals surface area contributed by atoms with Gasteiger partial charge in [-0.15, -0.1) is 0 Å². The largest absolute Gasteiger partial charge is 0.356 e. The van der Waals surface area contributed by atoms with E-state index < -0.39 is 15.8 Å². The molecule has 1 amide bonds. The smallest absolute Gasteiger partial charge is 0.350 e. The Balaban J connectivity index is 2.29. The number of carbonyl (C=O) groups excluding carboxylic acids is 1. The predicted molar refractivity (Wildman–Crippen MR) is 75.1 cm³/mol. The number of hydrogen-bond donors (Lipinski definition) is 2. The summed E-state index contributed by atoms with van der Waals surface area (Å²) in [5, 5.41) is 2.77. The Bertz CT molecular complexity index is 435. The maximum absolute atomic E-state index is 12.4. The Kier molecular flexibility index (Phi) is 6.95. The Hall–Kier alpha value is -0.800. The first-order chi connectivity index (χ1) is 9.73. The molecule has 0 aromatic heterocycles. The fourth-order valence-electron chi connectivity index (χ4n) is 2.19. The highest BCUT2D eigenvalue weighted by atomic mass is 32.2. The third-order valence-corrected chi connectivity index (χ3v) is 5.11. The zero-order valence-corrected chi connectivity index (χ0v) is 12.9. The van der Waals surface area contributed by atoms with Gasteiger partial charge in [-0.25, -0.2) is 8.42 Å². The summed E-state index contributed by atoms with van der Waals surface area (Å²) in [5.41, 5.74) is 5.56. The lowest BCUT2D eigenvalue weighted by Crippen LogP contribution is -2.43. The number of nitrogens with zero attached hydrogens (tertiary/aromatic N) is 1. The first kappa shape index (κ1) is 18.2.